The quantitative estimate of drug-likeness (QED) is 0.868. The van der Waals surface area contributed by atoms with Crippen LogP contribution in [0.25, 0.3) is 0 Å². The van der Waals surface area contributed by atoms with E-state index in [1.165, 1.54) is 0 Å². The summed E-state index contributed by atoms with van der Waals surface area (Å²) in [4.78, 5) is 13.6. The highest BCUT2D eigenvalue weighted by Crippen LogP contribution is 2.20. The minimum Gasteiger partial charge on any atom is -0.487 e. The number of ether oxygens (including phenoxy) is 1. The maximum atomic E-state index is 11.9. The van der Waals surface area contributed by atoms with Gasteiger partial charge >= 0.3 is 0 Å². The van der Waals surface area contributed by atoms with Crippen molar-refractivity contribution in [3.05, 3.63) is 29.8 Å². The molecule has 0 saturated carbocycles. The first kappa shape index (κ1) is 15.2. The van der Waals surface area contributed by atoms with Gasteiger partial charge in [0.15, 0.2) is 0 Å². The highest BCUT2D eigenvalue weighted by molar-refractivity contribution is 7.98. The van der Waals surface area contributed by atoms with Gasteiger partial charge in [-0.15, -0.1) is 0 Å². The van der Waals surface area contributed by atoms with Gasteiger partial charge in [-0.05, 0) is 43.0 Å². The molecule has 1 saturated heterocycles. The first-order valence-electron chi connectivity index (χ1n) is 6.79. The van der Waals surface area contributed by atoms with Crippen molar-refractivity contribution in [2.24, 2.45) is 0 Å². The summed E-state index contributed by atoms with van der Waals surface area (Å²) in [5.41, 5.74) is 1.15. The zero-order valence-electron chi connectivity index (χ0n) is 11.9. The number of thioether (sulfide) groups is 1. The first-order chi connectivity index (χ1) is 9.60. The molecule has 5 heteroatoms. The number of hydrogen-bond donors (Lipinski definition) is 1. The summed E-state index contributed by atoms with van der Waals surface area (Å²) in [5.74, 6) is 1.46. The predicted molar refractivity (Wildman–Crippen MR) is 81.2 cm³/mol. The van der Waals surface area contributed by atoms with Gasteiger partial charge in [-0.1, -0.05) is 12.1 Å². The smallest absolute Gasteiger partial charge is 0.251 e. The average molecular weight is 295 g/mol. The lowest BCUT2D eigenvalue weighted by Gasteiger charge is -2.40. The van der Waals surface area contributed by atoms with Gasteiger partial charge in [0.2, 0.25) is 0 Å². The molecule has 0 radical (unpaired) electrons. The first-order valence-corrected chi connectivity index (χ1v) is 8.18. The van der Waals surface area contributed by atoms with Crippen molar-refractivity contribution >= 4 is 17.7 Å². The number of carbonyl (C=O) groups is 1. The van der Waals surface area contributed by atoms with Crippen LogP contribution in [0.5, 0.6) is 5.75 Å². The summed E-state index contributed by atoms with van der Waals surface area (Å²) in [6.07, 6.45) is 1.64. The van der Waals surface area contributed by atoms with Gasteiger partial charge in [0.25, 0.3) is 5.91 Å². The van der Waals surface area contributed by atoms with E-state index >= 15 is 0 Å². The number of aliphatic hydroxyl groups is 1. The molecule has 110 valence electrons. The maximum absolute atomic E-state index is 11.9. The Bertz CT molecular complexity index is 460. The van der Waals surface area contributed by atoms with E-state index in [2.05, 4.69) is 0 Å². The third kappa shape index (κ3) is 3.90. The summed E-state index contributed by atoms with van der Waals surface area (Å²) in [7, 11) is 0. The molecule has 0 aromatic heterocycles. The van der Waals surface area contributed by atoms with Crippen LogP contribution in [0, 0.1) is 6.92 Å². The van der Waals surface area contributed by atoms with E-state index < -0.39 is 6.10 Å². The summed E-state index contributed by atoms with van der Waals surface area (Å²) in [5, 5.41) is 9.75. The van der Waals surface area contributed by atoms with Gasteiger partial charge in [-0.2, -0.15) is 11.8 Å². The Morgan fingerprint density at radius 2 is 2.30 bits per heavy atom. The number of hydrogen-bond acceptors (Lipinski definition) is 4. The lowest BCUT2D eigenvalue weighted by atomic mass is 10.1. The fourth-order valence-corrected chi connectivity index (χ4v) is 2.60. The van der Waals surface area contributed by atoms with E-state index in [1.807, 2.05) is 37.4 Å². The average Bonchev–Trinajstić information content (AvgIpc) is 2.39. The van der Waals surface area contributed by atoms with Crippen LogP contribution in [0.15, 0.2) is 24.3 Å². The number of nitrogens with zero attached hydrogens (tertiary/aromatic N) is 1. The van der Waals surface area contributed by atoms with Crippen LogP contribution >= 0.6 is 11.8 Å². The van der Waals surface area contributed by atoms with Crippen LogP contribution in [-0.2, 0) is 4.79 Å². The van der Waals surface area contributed by atoms with Crippen molar-refractivity contribution < 1.29 is 14.6 Å². The van der Waals surface area contributed by atoms with Crippen LogP contribution in [-0.4, -0.2) is 53.2 Å². The molecule has 1 aromatic carbocycles. The molecule has 4 nitrogen and oxygen atoms in total. The molecule has 1 aromatic rings. The second kappa shape index (κ2) is 6.99. The van der Waals surface area contributed by atoms with Crippen LogP contribution in [0.3, 0.4) is 0 Å². The van der Waals surface area contributed by atoms with Crippen molar-refractivity contribution in [1.82, 2.24) is 4.90 Å². The Kier molecular flexibility index (Phi) is 5.31. The lowest BCUT2D eigenvalue weighted by Crippen LogP contribution is -2.58. The van der Waals surface area contributed by atoms with Crippen LogP contribution in [0.1, 0.15) is 12.0 Å². The highest BCUT2D eigenvalue weighted by Gasteiger charge is 2.34. The normalized spacial score (nSPS) is 16.6. The number of likely N-dealkylation sites (tertiary alicyclic amines) is 1. The van der Waals surface area contributed by atoms with Crippen molar-refractivity contribution in [3.8, 4) is 5.75 Å². The van der Waals surface area contributed by atoms with Crippen molar-refractivity contribution in [3.63, 3.8) is 0 Å². The Hall–Kier alpha value is -1.20. The van der Waals surface area contributed by atoms with Crippen molar-refractivity contribution in [1.29, 1.82) is 0 Å². The Morgan fingerprint density at radius 3 is 2.95 bits per heavy atom. The molecule has 1 atom stereocenters. The number of benzene rings is 1. The van der Waals surface area contributed by atoms with Gasteiger partial charge in [-0.25, -0.2) is 0 Å². The molecule has 0 unspecified atom stereocenters. The van der Waals surface area contributed by atoms with Crippen molar-refractivity contribution in [2.45, 2.75) is 25.6 Å². The fourth-order valence-electron chi connectivity index (χ4n) is 2.14. The number of aliphatic hydroxyl groups excluding tert-OH is 1. The molecular formula is C15H21NO3S. The number of amides is 1. The third-order valence-corrected chi connectivity index (χ3v) is 3.98. The van der Waals surface area contributed by atoms with Crippen molar-refractivity contribution in [2.75, 3.05) is 25.1 Å². The Labute approximate surface area is 124 Å². The fraction of sp³-hybridized carbons (Fsp3) is 0.533. The van der Waals surface area contributed by atoms with E-state index in [0.29, 0.717) is 19.5 Å². The van der Waals surface area contributed by atoms with Gasteiger partial charge in [0, 0.05) is 0 Å². The minimum atomic E-state index is -0.873. The maximum Gasteiger partial charge on any atom is 0.251 e. The lowest BCUT2D eigenvalue weighted by molar-refractivity contribution is -0.149. The second-order valence-electron chi connectivity index (χ2n) is 5.10. The number of rotatable bonds is 6. The second-order valence-corrected chi connectivity index (χ2v) is 6.08. The van der Waals surface area contributed by atoms with E-state index in [9.17, 15) is 9.90 Å². The van der Waals surface area contributed by atoms with E-state index in [1.54, 1.807) is 16.7 Å². The standard InChI is InChI=1S/C15H21NO3S/c1-11-4-3-5-12(8-11)19-13-9-16(10-13)15(18)14(17)6-7-20-2/h3-5,8,13-14,17H,6-7,9-10H2,1-2H3/t14-/m0/s1. The van der Waals surface area contributed by atoms with Gasteiger partial charge in [-0.3, -0.25) is 4.79 Å². The molecule has 1 N–H and O–H groups in total. The minimum absolute atomic E-state index is 0.0356. The van der Waals surface area contributed by atoms with Crippen LogP contribution in [0.4, 0.5) is 0 Å². The summed E-state index contributed by atoms with van der Waals surface area (Å²) in [6.45, 7) is 3.14. The monoisotopic (exact) mass is 295 g/mol. The highest BCUT2D eigenvalue weighted by atomic mass is 32.2. The van der Waals surface area contributed by atoms with Gasteiger partial charge in [0.1, 0.15) is 18.0 Å². The Morgan fingerprint density at radius 1 is 1.55 bits per heavy atom. The predicted octanol–water partition coefficient (Wildman–Crippen LogP) is 1.70. The molecule has 1 aliphatic heterocycles. The molecule has 1 amide bonds. The third-order valence-electron chi connectivity index (χ3n) is 3.33. The molecule has 1 aliphatic rings. The largest absolute Gasteiger partial charge is 0.487 e. The summed E-state index contributed by atoms with van der Waals surface area (Å²) >= 11 is 1.63. The van der Waals surface area contributed by atoms with Gasteiger partial charge in [0.05, 0.1) is 13.1 Å². The molecule has 20 heavy (non-hydrogen) atoms. The summed E-state index contributed by atoms with van der Waals surface area (Å²) < 4.78 is 5.79. The zero-order chi connectivity index (χ0) is 14.5. The van der Waals surface area contributed by atoms with Crippen LogP contribution in [0.2, 0.25) is 0 Å². The molecular weight excluding hydrogens is 274 g/mol. The molecule has 1 fully saturated rings. The van der Waals surface area contributed by atoms with E-state index in [4.69, 9.17) is 4.74 Å². The molecule has 1 heterocycles. The zero-order valence-corrected chi connectivity index (χ0v) is 12.7. The molecule has 2 rings (SSSR count). The molecule has 0 spiro atoms. The number of aryl methyl sites for hydroxylation is 1. The van der Waals surface area contributed by atoms with E-state index in [0.717, 1.165) is 17.1 Å². The Balaban J connectivity index is 1.75. The number of carbonyl (C=O) groups excluding carboxylic acids is 1. The molecule has 0 bridgehead atoms. The van der Waals surface area contributed by atoms with Crippen LogP contribution < -0.4 is 4.74 Å². The van der Waals surface area contributed by atoms with E-state index in [-0.39, 0.29) is 12.0 Å². The van der Waals surface area contributed by atoms with Gasteiger partial charge < -0.3 is 14.7 Å². The molecule has 0 aliphatic carbocycles. The SMILES string of the molecule is CSCC[C@H](O)C(=O)N1CC(Oc2cccc(C)c2)C1. The topological polar surface area (TPSA) is 49.8 Å². The summed E-state index contributed by atoms with van der Waals surface area (Å²) in [6, 6.07) is 7.88.